The second kappa shape index (κ2) is 5.93. The van der Waals surface area contributed by atoms with Crippen LogP contribution in [0.4, 0.5) is 0 Å². The van der Waals surface area contributed by atoms with Crippen LogP contribution in [0.2, 0.25) is 10.2 Å². The van der Waals surface area contributed by atoms with E-state index in [1.165, 1.54) is 18.0 Å². The number of aromatic amines is 1. The number of ether oxygens (including phenoxy) is 1. The number of likely N-dealkylation sites (N-methyl/N-ethyl adjacent to an activating group) is 1. The number of esters is 1. The Hall–Kier alpha value is -1.20. The molecule has 1 rings (SSSR count). The number of hydrogen-bond donors (Lipinski definition) is 1. The number of carbonyl (C=O) groups is 2. The van der Waals surface area contributed by atoms with Crippen molar-refractivity contribution < 1.29 is 14.3 Å². The van der Waals surface area contributed by atoms with Crippen molar-refractivity contribution in [2.75, 3.05) is 20.2 Å². The van der Waals surface area contributed by atoms with Gasteiger partial charge in [0.2, 0.25) is 0 Å². The van der Waals surface area contributed by atoms with Crippen molar-refractivity contribution in [3.63, 3.8) is 0 Å². The first-order valence-electron chi connectivity index (χ1n) is 4.90. The monoisotopic (exact) mass is 278 g/mol. The molecule has 17 heavy (non-hydrogen) atoms. The number of carbonyl (C=O) groups excluding carboxylic acids is 2. The maximum atomic E-state index is 11.8. The number of H-pyrrole nitrogens is 1. The summed E-state index contributed by atoms with van der Waals surface area (Å²) in [5.74, 6) is -0.848. The molecule has 0 atom stereocenters. The number of hydrogen-bond acceptors (Lipinski definition) is 3. The average Bonchev–Trinajstić information content (AvgIpc) is 2.58. The SMILES string of the molecule is CCOC(=O)CN(C)C(=O)c1cc(Cl)c(Cl)[nH]1. The molecular formula is C10H12Cl2N2O3. The number of aromatic nitrogens is 1. The molecule has 1 aromatic rings. The van der Waals surface area contributed by atoms with E-state index in [1.54, 1.807) is 6.92 Å². The Morgan fingerprint density at radius 1 is 1.47 bits per heavy atom. The lowest BCUT2D eigenvalue weighted by atomic mass is 10.4. The molecule has 5 nitrogen and oxygen atoms in total. The van der Waals surface area contributed by atoms with Crippen molar-refractivity contribution in [3.05, 3.63) is 21.9 Å². The third-order valence-electron chi connectivity index (χ3n) is 1.97. The zero-order valence-electron chi connectivity index (χ0n) is 9.42. The van der Waals surface area contributed by atoms with Gasteiger partial charge in [-0.2, -0.15) is 0 Å². The van der Waals surface area contributed by atoms with Crippen molar-refractivity contribution >= 4 is 35.1 Å². The highest BCUT2D eigenvalue weighted by Crippen LogP contribution is 2.22. The largest absolute Gasteiger partial charge is 0.465 e. The smallest absolute Gasteiger partial charge is 0.325 e. The van der Waals surface area contributed by atoms with Gasteiger partial charge in [0.05, 0.1) is 11.6 Å². The summed E-state index contributed by atoms with van der Waals surface area (Å²) in [5, 5.41) is 0.458. The van der Waals surface area contributed by atoms with Crippen LogP contribution in [0.3, 0.4) is 0 Å². The Morgan fingerprint density at radius 3 is 2.59 bits per heavy atom. The van der Waals surface area contributed by atoms with E-state index < -0.39 is 5.97 Å². The minimum Gasteiger partial charge on any atom is -0.465 e. The van der Waals surface area contributed by atoms with E-state index in [4.69, 9.17) is 27.9 Å². The van der Waals surface area contributed by atoms with E-state index in [0.29, 0.717) is 0 Å². The second-order valence-corrected chi connectivity index (χ2v) is 4.10. The van der Waals surface area contributed by atoms with Gasteiger partial charge in [-0.3, -0.25) is 9.59 Å². The molecule has 0 bridgehead atoms. The van der Waals surface area contributed by atoms with Crippen LogP contribution in [0.1, 0.15) is 17.4 Å². The summed E-state index contributed by atoms with van der Waals surface area (Å²) >= 11 is 11.4. The summed E-state index contributed by atoms with van der Waals surface area (Å²) in [5.41, 5.74) is 0.229. The van der Waals surface area contributed by atoms with Gasteiger partial charge in [0.1, 0.15) is 17.4 Å². The van der Waals surface area contributed by atoms with Crippen LogP contribution < -0.4 is 0 Å². The zero-order chi connectivity index (χ0) is 13.0. The van der Waals surface area contributed by atoms with Gasteiger partial charge in [-0.15, -0.1) is 0 Å². The van der Waals surface area contributed by atoms with Gasteiger partial charge in [0.15, 0.2) is 0 Å². The number of amides is 1. The lowest BCUT2D eigenvalue weighted by Gasteiger charge is -2.14. The van der Waals surface area contributed by atoms with E-state index in [1.807, 2.05) is 0 Å². The summed E-state index contributed by atoms with van der Waals surface area (Å²) in [6.07, 6.45) is 0. The van der Waals surface area contributed by atoms with E-state index in [-0.39, 0.29) is 34.9 Å². The molecule has 1 heterocycles. The van der Waals surface area contributed by atoms with Crippen molar-refractivity contribution in [1.82, 2.24) is 9.88 Å². The van der Waals surface area contributed by atoms with Crippen LogP contribution in [0.15, 0.2) is 6.07 Å². The van der Waals surface area contributed by atoms with Crippen LogP contribution in [-0.4, -0.2) is 42.0 Å². The van der Waals surface area contributed by atoms with Gasteiger partial charge in [-0.1, -0.05) is 23.2 Å². The minimum absolute atomic E-state index is 0.124. The molecule has 1 aromatic heterocycles. The lowest BCUT2D eigenvalue weighted by molar-refractivity contribution is -0.143. The van der Waals surface area contributed by atoms with Gasteiger partial charge < -0.3 is 14.6 Å². The molecule has 0 fully saturated rings. The Bertz CT molecular complexity index is 412. The molecule has 0 spiro atoms. The van der Waals surface area contributed by atoms with Crippen LogP contribution in [0, 0.1) is 0 Å². The highest BCUT2D eigenvalue weighted by atomic mass is 35.5. The van der Waals surface area contributed by atoms with Crippen LogP contribution in [0.5, 0.6) is 0 Å². The van der Waals surface area contributed by atoms with Gasteiger partial charge >= 0.3 is 5.97 Å². The van der Waals surface area contributed by atoms with Crippen molar-refractivity contribution in [1.29, 1.82) is 0 Å². The van der Waals surface area contributed by atoms with Crippen LogP contribution >= 0.6 is 23.2 Å². The van der Waals surface area contributed by atoms with Crippen molar-refractivity contribution in [2.45, 2.75) is 6.92 Å². The standard InChI is InChI=1S/C10H12Cl2N2O3/c1-3-17-8(15)5-14(2)10(16)7-4-6(11)9(12)13-7/h4,13H,3,5H2,1-2H3. The first-order valence-corrected chi connectivity index (χ1v) is 5.66. The number of halogens is 2. The van der Waals surface area contributed by atoms with Crippen LogP contribution in [0.25, 0.3) is 0 Å². The molecular weight excluding hydrogens is 267 g/mol. The van der Waals surface area contributed by atoms with E-state index in [0.717, 1.165) is 0 Å². The molecule has 7 heteroatoms. The fourth-order valence-electron chi connectivity index (χ4n) is 1.20. The second-order valence-electron chi connectivity index (χ2n) is 3.31. The topological polar surface area (TPSA) is 62.4 Å². The molecule has 0 aliphatic heterocycles. The molecule has 0 saturated carbocycles. The molecule has 0 aromatic carbocycles. The average molecular weight is 279 g/mol. The third-order valence-corrected chi connectivity index (χ3v) is 2.67. The Balaban J connectivity index is 2.66. The number of rotatable bonds is 4. The molecule has 0 radical (unpaired) electrons. The molecule has 1 amide bonds. The molecule has 0 saturated heterocycles. The molecule has 0 aliphatic carbocycles. The molecule has 0 unspecified atom stereocenters. The minimum atomic E-state index is -0.466. The quantitative estimate of drug-likeness (QED) is 0.857. The number of nitrogens with zero attached hydrogens (tertiary/aromatic N) is 1. The van der Waals surface area contributed by atoms with Crippen molar-refractivity contribution in [2.24, 2.45) is 0 Å². The first-order chi connectivity index (χ1) is 7.95. The summed E-state index contributed by atoms with van der Waals surface area (Å²) in [6, 6.07) is 1.41. The first kappa shape index (κ1) is 13.9. The highest BCUT2D eigenvalue weighted by molar-refractivity contribution is 6.41. The normalized spacial score (nSPS) is 10.1. The highest BCUT2D eigenvalue weighted by Gasteiger charge is 2.18. The summed E-state index contributed by atoms with van der Waals surface area (Å²) in [7, 11) is 1.49. The molecule has 0 aliphatic rings. The third kappa shape index (κ3) is 3.64. The zero-order valence-corrected chi connectivity index (χ0v) is 10.9. The Labute approximate surface area is 109 Å². The Kier molecular flexibility index (Phi) is 4.84. The fourth-order valence-corrected chi connectivity index (χ4v) is 1.51. The lowest BCUT2D eigenvalue weighted by Crippen LogP contribution is -2.33. The van der Waals surface area contributed by atoms with Crippen molar-refractivity contribution in [3.8, 4) is 0 Å². The maximum absolute atomic E-state index is 11.8. The fraction of sp³-hybridized carbons (Fsp3) is 0.400. The predicted molar refractivity (Wildman–Crippen MR) is 64.4 cm³/mol. The van der Waals surface area contributed by atoms with Gasteiger partial charge in [0.25, 0.3) is 5.91 Å². The summed E-state index contributed by atoms with van der Waals surface area (Å²) < 4.78 is 4.73. The summed E-state index contributed by atoms with van der Waals surface area (Å²) in [4.78, 5) is 26.8. The van der Waals surface area contributed by atoms with Gasteiger partial charge in [0, 0.05) is 7.05 Å². The number of nitrogens with one attached hydrogen (secondary N) is 1. The van der Waals surface area contributed by atoms with E-state index in [9.17, 15) is 9.59 Å². The van der Waals surface area contributed by atoms with Gasteiger partial charge in [-0.25, -0.2) is 0 Å². The molecule has 94 valence electrons. The van der Waals surface area contributed by atoms with Crippen LogP contribution in [-0.2, 0) is 9.53 Å². The summed E-state index contributed by atoms with van der Waals surface area (Å²) in [6.45, 7) is 1.85. The Morgan fingerprint density at radius 2 is 2.12 bits per heavy atom. The van der Waals surface area contributed by atoms with Gasteiger partial charge in [-0.05, 0) is 13.0 Å². The molecule has 1 N–H and O–H groups in total. The predicted octanol–water partition coefficient (Wildman–Crippen LogP) is 1.96. The maximum Gasteiger partial charge on any atom is 0.325 e. The van der Waals surface area contributed by atoms with E-state index >= 15 is 0 Å². The van der Waals surface area contributed by atoms with E-state index in [2.05, 4.69) is 4.98 Å².